The fraction of sp³-hybridized carbons (Fsp3) is 0.613. The zero-order valence-corrected chi connectivity index (χ0v) is 23.6. The maximum absolute atomic E-state index is 14.0. The number of likely N-dealkylation sites (tertiary alicyclic amines) is 1. The van der Waals surface area contributed by atoms with Crippen molar-refractivity contribution in [3.63, 3.8) is 0 Å². The second-order valence-corrected chi connectivity index (χ2v) is 12.3. The first kappa shape index (κ1) is 27.8. The summed E-state index contributed by atoms with van der Waals surface area (Å²) in [4.78, 5) is 58.3. The normalized spacial score (nSPS) is 27.4. The van der Waals surface area contributed by atoms with Gasteiger partial charge in [0.05, 0.1) is 13.2 Å². The predicted molar refractivity (Wildman–Crippen MR) is 151 cm³/mol. The van der Waals surface area contributed by atoms with Crippen molar-refractivity contribution in [3.05, 3.63) is 30.0 Å². The number of fused-ring (bicyclic) bond motifs is 2. The number of amides is 3. The number of carbonyl (C=O) groups excluding carboxylic acids is 4. The van der Waals surface area contributed by atoms with E-state index >= 15 is 0 Å². The summed E-state index contributed by atoms with van der Waals surface area (Å²) in [5.41, 5.74) is 1.16. The van der Waals surface area contributed by atoms with Gasteiger partial charge in [0.1, 0.15) is 23.3 Å². The summed E-state index contributed by atoms with van der Waals surface area (Å²) in [6.07, 6.45) is 6.19. The van der Waals surface area contributed by atoms with Crippen molar-refractivity contribution in [3.8, 4) is 5.75 Å². The van der Waals surface area contributed by atoms with Crippen LogP contribution in [-0.2, 0) is 14.4 Å². The molecule has 0 bridgehead atoms. The van der Waals surface area contributed by atoms with Crippen LogP contribution in [0.5, 0.6) is 5.75 Å². The molecule has 2 aromatic rings. The van der Waals surface area contributed by atoms with Gasteiger partial charge in [0.2, 0.25) is 5.91 Å². The highest BCUT2D eigenvalue weighted by molar-refractivity contribution is 6.02. The van der Waals surface area contributed by atoms with Crippen LogP contribution >= 0.6 is 0 Å². The molecule has 41 heavy (non-hydrogen) atoms. The van der Waals surface area contributed by atoms with Gasteiger partial charge in [-0.2, -0.15) is 0 Å². The maximum atomic E-state index is 14.0. The molecule has 3 aliphatic carbocycles. The molecule has 220 valence electrons. The number of aromatic nitrogens is 1. The van der Waals surface area contributed by atoms with Gasteiger partial charge in [0.25, 0.3) is 11.8 Å². The third-order valence-electron chi connectivity index (χ3n) is 9.62. The second kappa shape index (κ2) is 11.5. The Kier molecular flexibility index (Phi) is 7.76. The number of nitrogens with zero attached hydrogens (tertiary/aromatic N) is 1. The molecule has 4 aliphatic rings. The van der Waals surface area contributed by atoms with E-state index in [1.165, 1.54) is 0 Å². The lowest BCUT2D eigenvalue weighted by molar-refractivity contribution is -0.135. The van der Waals surface area contributed by atoms with E-state index in [9.17, 15) is 24.3 Å². The quantitative estimate of drug-likeness (QED) is 0.369. The standard InChI is InChI=1S/C31H40N4O6/c1-41-26-11-5-9-22-21(26)15-24(33-22)31(40)35-16-18-7-4-8-20(18)27(35)29(38)34-23(14-17-6-2-3-10-25(17)36)28(37)30(39)32-19-12-13-19/h5,9,11,15,17-20,23,27-28,33,37H,2-4,6-8,10,12-14,16H2,1H3,(H,32,39)(H,34,38)/t17-,18-,20-,23-,27-,28?/m0/s1. The lowest BCUT2D eigenvalue weighted by Gasteiger charge is -2.32. The zero-order chi connectivity index (χ0) is 28.7. The van der Waals surface area contributed by atoms with Crippen LogP contribution in [0, 0.1) is 17.8 Å². The van der Waals surface area contributed by atoms with E-state index in [1.807, 2.05) is 18.2 Å². The van der Waals surface area contributed by atoms with Gasteiger partial charge >= 0.3 is 0 Å². The van der Waals surface area contributed by atoms with Gasteiger partial charge in [0.15, 0.2) is 6.10 Å². The Labute approximate surface area is 239 Å². The van der Waals surface area contributed by atoms with Crippen LogP contribution in [0.1, 0.15) is 74.7 Å². The highest BCUT2D eigenvalue weighted by atomic mass is 16.5. The molecule has 1 aromatic carbocycles. The molecule has 3 amide bonds. The van der Waals surface area contributed by atoms with Crippen LogP contribution in [0.3, 0.4) is 0 Å². The molecule has 10 heteroatoms. The van der Waals surface area contributed by atoms with E-state index < -0.39 is 24.1 Å². The van der Waals surface area contributed by atoms with Crippen molar-refractivity contribution in [1.82, 2.24) is 20.5 Å². The summed E-state index contributed by atoms with van der Waals surface area (Å²) in [5.74, 6) is -0.457. The Bertz CT molecular complexity index is 1340. The number of hydrogen-bond donors (Lipinski definition) is 4. The first-order valence-corrected chi connectivity index (χ1v) is 15.1. The Morgan fingerprint density at radius 1 is 1.12 bits per heavy atom. The average molecular weight is 565 g/mol. The fourth-order valence-electron chi connectivity index (χ4n) is 7.27. The fourth-order valence-corrected chi connectivity index (χ4v) is 7.27. The van der Waals surface area contributed by atoms with Gasteiger partial charge in [-0.3, -0.25) is 19.2 Å². The molecule has 2 heterocycles. The number of hydrogen-bond acceptors (Lipinski definition) is 6. The molecular weight excluding hydrogens is 524 g/mol. The lowest BCUT2D eigenvalue weighted by Crippen LogP contribution is -2.57. The summed E-state index contributed by atoms with van der Waals surface area (Å²) in [6.45, 7) is 0.477. The van der Waals surface area contributed by atoms with Gasteiger partial charge in [-0.05, 0) is 75.0 Å². The average Bonchev–Trinajstić information content (AvgIpc) is 3.34. The summed E-state index contributed by atoms with van der Waals surface area (Å²) < 4.78 is 5.46. The number of carbonyl (C=O) groups is 4. The molecule has 1 saturated heterocycles. The SMILES string of the molecule is COc1cccc2[nH]c(C(=O)N3C[C@@H]4CCC[C@@H]4[C@H]3C(=O)N[C@@H](C[C@@H]3CCCCC3=O)C(O)C(=O)NC3CC3)cc12. The largest absolute Gasteiger partial charge is 0.496 e. The molecule has 0 spiro atoms. The van der Waals surface area contributed by atoms with E-state index in [0.717, 1.165) is 55.8 Å². The molecule has 1 aliphatic heterocycles. The van der Waals surface area contributed by atoms with Gasteiger partial charge < -0.3 is 30.4 Å². The van der Waals surface area contributed by atoms with Crippen LogP contribution in [-0.4, -0.2) is 76.4 Å². The Hall–Kier alpha value is -3.40. The Morgan fingerprint density at radius 3 is 2.71 bits per heavy atom. The Morgan fingerprint density at radius 2 is 1.95 bits per heavy atom. The molecule has 4 N–H and O–H groups in total. The number of ketones is 1. The molecule has 3 saturated carbocycles. The second-order valence-electron chi connectivity index (χ2n) is 12.3. The van der Waals surface area contributed by atoms with E-state index in [2.05, 4.69) is 15.6 Å². The summed E-state index contributed by atoms with van der Waals surface area (Å²) >= 11 is 0. The lowest BCUT2D eigenvalue weighted by atomic mass is 9.82. The zero-order valence-electron chi connectivity index (χ0n) is 23.6. The summed E-state index contributed by atoms with van der Waals surface area (Å²) in [6, 6.07) is 5.76. The monoisotopic (exact) mass is 564 g/mol. The minimum atomic E-state index is -1.47. The smallest absolute Gasteiger partial charge is 0.271 e. The van der Waals surface area contributed by atoms with E-state index in [0.29, 0.717) is 30.8 Å². The minimum Gasteiger partial charge on any atom is -0.496 e. The first-order valence-electron chi connectivity index (χ1n) is 15.1. The number of Topliss-reactive ketones (excluding diaryl/α,β-unsaturated/α-hetero) is 1. The highest BCUT2D eigenvalue weighted by Crippen LogP contribution is 2.43. The van der Waals surface area contributed by atoms with Crippen LogP contribution in [0.2, 0.25) is 0 Å². The van der Waals surface area contributed by atoms with E-state index in [4.69, 9.17) is 4.74 Å². The van der Waals surface area contributed by atoms with Gasteiger partial charge in [-0.15, -0.1) is 0 Å². The van der Waals surface area contributed by atoms with Crippen molar-refractivity contribution < 1.29 is 29.0 Å². The van der Waals surface area contributed by atoms with Crippen molar-refractivity contribution in [2.75, 3.05) is 13.7 Å². The van der Waals surface area contributed by atoms with Crippen molar-refractivity contribution in [2.45, 2.75) is 88.4 Å². The van der Waals surface area contributed by atoms with E-state index in [-0.39, 0.29) is 47.8 Å². The van der Waals surface area contributed by atoms with Crippen LogP contribution < -0.4 is 15.4 Å². The van der Waals surface area contributed by atoms with Crippen LogP contribution in [0.4, 0.5) is 0 Å². The molecule has 0 radical (unpaired) electrons. The molecular formula is C31H40N4O6. The molecule has 10 nitrogen and oxygen atoms in total. The number of methoxy groups -OCH3 is 1. The number of aliphatic hydroxyl groups is 1. The van der Waals surface area contributed by atoms with Crippen LogP contribution in [0.25, 0.3) is 10.9 Å². The summed E-state index contributed by atoms with van der Waals surface area (Å²) in [5, 5.41) is 17.7. The third-order valence-corrected chi connectivity index (χ3v) is 9.62. The molecule has 1 unspecified atom stereocenters. The van der Waals surface area contributed by atoms with Crippen LogP contribution in [0.15, 0.2) is 24.3 Å². The van der Waals surface area contributed by atoms with Crippen molar-refractivity contribution in [1.29, 1.82) is 0 Å². The highest BCUT2D eigenvalue weighted by Gasteiger charge is 2.50. The number of ether oxygens (including phenoxy) is 1. The minimum absolute atomic E-state index is 0.00672. The Balaban J connectivity index is 1.25. The number of aromatic amines is 1. The van der Waals surface area contributed by atoms with E-state index in [1.54, 1.807) is 18.1 Å². The van der Waals surface area contributed by atoms with Crippen molar-refractivity contribution in [2.24, 2.45) is 17.8 Å². The van der Waals surface area contributed by atoms with Gasteiger partial charge in [-0.25, -0.2) is 0 Å². The maximum Gasteiger partial charge on any atom is 0.271 e. The van der Waals surface area contributed by atoms with Gasteiger partial charge in [-0.1, -0.05) is 18.9 Å². The number of benzene rings is 1. The molecule has 6 atom stereocenters. The molecule has 6 rings (SSSR count). The summed E-state index contributed by atoms with van der Waals surface area (Å²) in [7, 11) is 1.59. The number of H-pyrrole nitrogens is 1. The molecule has 4 fully saturated rings. The number of rotatable bonds is 9. The third kappa shape index (κ3) is 5.58. The first-order chi connectivity index (χ1) is 19.8. The topological polar surface area (TPSA) is 141 Å². The van der Waals surface area contributed by atoms with Crippen molar-refractivity contribution >= 4 is 34.4 Å². The number of nitrogens with one attached hydrogen (secondary N) is 3. The molecule has 1 aromatic heterocycles. The predicted octanol–water partition coefficient (Wildman–Crippen LogP) is 2.69. The number of aliphatic hydroxyl groups excluding tert-OH is 1. The van der Waals surface area contributed by atoms with Gasteiger partial charge in [0, 0.05) is 35.8 Å².